The summed E-state index contributed by atoms with van der Waals surface area (Å²) in [6.45, 7) is 1.46. The highest BCUT2D eigenvalue weighted by Crippen LogP contribution is 2.29. The molecule has 5 rings (SSSR count). The lowest BCUT2D eigenvalue weighted by molar-refractivity contribution is -0.120. The summed E-state index contributed by atoms with van der Waals surface area (Å²) < 4.78 is 1.56. The SMILES string of the molecule is O=C(Nc1ccccc1-c1ccccc1)[C@H]1CCCN(c2ccc(-n3cncn3)nn2)C1. The van der Waals surface area contributed by atoms with Crippen molar-refractivity contribution in [3.8, 4) is 16.9 Å². The van der Waals surface area contributed by atoms with Gasteiger partial charge in [-0.25, -0.2) is 9.67 Å². The van der Waals surface area contributed by atoms with Gasteiger partial charge in [-0.05, 0) is 36.6 Å². The van der Waals surface area contributed by atoms with Gasteiger partial charge >= 0.3 is 0 Å². The Morgan fingerprint density at radius 3 is 2.50 bits per heavy atom. The quantitative estimate of drug-likeness (QED) is 0.526. The van der Waals surface area contributed by atoms with Gasteiger partial charge in [0.15, 0.2) is 11.6 Å². The molecule has 1 aliphatic heterocycles. The number of nitrogens with one attached hydrogen (secondary N) is 1. The van der Waals surface area contributed by atoms with Crippen LogP contribution in [0.5, 0.6) is 0 Å². The smallest absolute Gasteiger partial charge is 0.229 e. The summed E-state index contributed by atoms with van der Waals surface area (Å²) >= 11 is 0. The predicted octanol–water partition coefficient (Wildman–Crippen LogP) is 3.58. The first-order valence-corrected chi connectivity index (χ1v) is 10.7. The molecule has 0 spiro atoms. The zero-order chi connectivity index (χ0) is 21.8. The average Bonchev–Trinajstić information content (AvgIpc) is 3.40. The van der Waals surface area contributed by atoms with E-state index < -0.39 is 0 Å². The average molecular weight is 425 g/mol. The maximum absolute atomic E-state index is 13.1. The number of para-hydroxylation sites is 1. The number of aromatic nitrogens is 5. The van der Waals surface area contributed by atoms with E-state index in [-0.39, 0.29) is 11.8 Å². The number of anilines is 2. The fraction of sp³-hybridized carbons (Fsp3) is 0.208. The van der Waals surface area contributed by atoms with Crippen LogP contribution in [0.4, 0.5) is 11.5 Å². The van der Waals surface area contributed by atoms with Gasteiger partial charge in [-0.1, -0.05) is 48.5 Å². The summed E-state index contributed by atoms with van der Waals surface area (Å²) in [5, 5.41) is 15.8. The Labute approximate surface area is 185 Å². The third-order valence-electron chi connectivity index (χ3n) is 5.68. The Balaban J connectivity index is 1.29. The van der Waals surface area contributed by atoms with Crippen LogP contribution in [0.2, 0.25) is 0 Å². The molecule has 0 unspecified atom stereocenters. The molecule has 8 heteroatoms. The van der Waals surface area contributed by atoms with Crippen LogP contribution in [0.25, 0.3) is 16.9 Å². The molecule has 1 fully saturated rings. The molecule has 1 atom stereocenters. The standard InChI is InChI=1S/C24H23N7O/c32-24(27-21-11-5-4-10-20(21)18-7-2-1-3-8-18)19-9-6-14-30(15-19)22-12-13-23(29-28-22)31-17-25-16-26-31/h1-5,7-8,10-13,16-17,19H,6,9,14-15H2,(H,27,32)/t19-/m0/s1. The minimum atomic E-state index is -0.121. The molecular formula is C24H23N7O. The second-order valence-electron chi connectivity index (χ2n) is 7.78. The third-order valence-corrected chi connectivity index (χ3v) is 5.68. The second-order valence-corrected chi connectivity index (χ2v) is 7.78. The molecular weight excluding hydrogens is 402 g/mol. The van der Waals surface area contributed by atoms with Gasteiger partial charge in [-0.3, -0.25) is 4.79 Å². The summed E-state index contributed by atoms with van der Waals surface area (Å²) in [5.74, 6) is 1.28. The van der Waals surface area contributed by atoms with E-state index in [0.717, 1.165) is 42.0 Å². The van der Waals surface area contributed by atoms with Gasteiger partial charge in [0.05, 0.1) is 5.92 Å². The van der Waals surface area contributed by atoms with Crippen molar-refractivity contribution in [2.45, 2.75) is 12.8 Å². The highest BCUT2D eigenvalue weighted by Gasteiger charge is 2.27. The number of hydrogen-bond acceptors (Lipinski definition) is 6. The van der Waals surface area contributed by atoms with Crippen molar-refractivity contribution < 1.29 is 4.79 Å². The largest absolute Gasteiger partial charge is 0.354 e. The van der Waals surface area contributed by atoms with Gasteiger partial charge in [0, 0.05) is 24.3 Å². The van der Waals surface area contributed by atoms with E-state index >= 15 is 0 Å². The minimum absolute atomic E-state index is 0.0327. The second kappa shape index (κ2) is 8.97. The lowest BCUT2D eigenvalue weighted by atomic mass is 9.96. The van der Waals surface area contributed by atoms with Gasteiger partial charge < -0.3 is 10.2 Å². The van der Waals surface area contributed by atoms with E-state index in [4.69, 9.17) is 0 Å². The van der Waals surface area contributed by atoms with E-state index in [0.29, 0.717) is 12.4 Å². The zero-order valence-electron chi connectivity index (χ0n) is 17.5. The van der Waals surface area contributed by atoms with Crippen molar-refractivity contribution in [3.05, 3.63) is 79.4 Å². The van der Waals surface area contributed by atoms with Gasteiger partial charge in [0.25, 0.3) is 0 Å². The van der Waals surface area contributed by atoms with Gasteiger partial charge in [-0.15, -0.1) is 10.2 Å². The summed E-state index contributed by atoms with van der Waals surface area (Å²) in [4.78, 5) is 19.2. The van der Waals surface area contributed by atoms with Crippen molar-refractivity contribution in [1.29, 1.82) is 0 Å². The van der Waals surface area contributed by atoms with Crippen LogP contribution < -0.4 is 10.2 Å². The Hall–Kier alpha value is -4.07. The lowest BCUT2D eigenvalue weighted by Crippen LogP contribution is -2.41. The van der Waals surface area contributed by atoms with E-state index in [9.17, 15) is 4.79 Å². The number of rotatable bonds is 5. The number of piperidine rings is 1. The lowest BCUT2D eigenvalue weighted by Gasteiger charge is -2.32. The molecule has 32 heavy (non-hydrogen) atoms. The first kappa shape index (κ1) is 19.9. The molecule has 3 heterocycles. The Bertz CT molecular complexity index is 1180. The minimum Gasteiger partial charge on any atom is -0.354 e. The van der Waals surface area contributed by atoms with Crippen LogP contribution in [0, 0.1) is 5.92 Å². The van der Waals surface area contributed by atoms with Crippen LogP contribution in [-0.2, 0) is 4.79 Å². The maximum Gasteiger partial charge on any atom is 0.229 e. The highest BCUT2D eigenvalue weighted by atomic mass is 16.1. The number of benzene rings is 2. The van der Waals surface area contributed by atoms with Crippen LogP contribution in [0.3, 0.4) is 0 Å². The number of carbonyl (C=O) groups is 1. The van der Waals surface area contributed by atoms with Crippen molar-refractivity contribution in [3.63, 3.8) is 0 Å². The molecule has 8 nitrogen and oxygen atoms in total. The van der Waals surface area contributed by atoms with E-state index in [1.165, 1.54) is 6.33 Å². The first-order chi connectivity index (χ1) is 15.8. The van der Waals surface area contributed by atoms with E-state index in [2.05, 4.69) is 42.6 Å². The Kier molecular flexibility index (Phi) is 5.57. The van der Waals surface area contributed by atoms with Crippen LogP contribution in [0.1, 0.15) is 12.8 Å². The molecule has 1 N–H and O–H groups in total. The summed E-state index contributed by atoms with van der Waals surface area (Å²) in [6.07, 6.45) is 4.81. The molecule has 2 aromatic heterocycles. The summed E-state index contributed by atoms with van der Waals surface area (Å²) in [7, 11) is 0. The Morgan fingerprint density at radius 1 is 0.938 bits per heavy atom. The van der Waals surface area contributed by atoms with E-state index in [1.54, 1.807) is 11.0 Å². The fourth-order valence-corrected chi connectivity index (χ4v) is 4.03. The molecule has 1 saturated heterocycles. The van der Waals surface area contributed by atoms with Gasteiger partial charge in [0.1, 0.15) is 12.7 Å². The number of amides is 1. The van der Waals surface area contributed by atoms with Crippen molar-refractivity contribution in [2.75, 3.05) is 23.3 Å². The topological polar surface area (TPSA) is 88.8 Å². The molecule has 0 aliphatic carbocycles. The van der Waals surface area contributed by atoms with Crippen LogP contribution in [0.15, 0.2) is 79.4 Å². The third kappa shape index (κ3) is 4.20. The van der Waals surface area contributed by atoms with Crippen molar-refractivity contribution in [1.82, 2.24) is 25.0 Å². The first-order valence-electron chi connectivity index (χ1n) is 10.7. The molecule has 4 aromatic rings. The molecule has 0 radical (unpaired) electrons. The van der Waals surface area contributed by atoms with Gasteiger partial charge in [-0.2, -0.15) is 5.10 Å². The molecule has 1 amide bonds. The molecule has 1 aliphatic rings. The molecule has 0 saturated carbocycles. The van der Waals surface area contributed by atoms with Crippen LogP contribution >= 0.6 is 0 Å². The summed E-state index contributed by atoms with van der Waals surface area (Å²) in [6, 6.07) is 21.8. The highest BCUT2D eigenvalue weighted by molar-refractivity contribution is 5.97. The molecule has 2 aromatic carbocycles. The number of carbonyl (C=O) groups excluding carboxylic acids is 1. The number of hydrogen-bond donors (Lipinski definition) is 1. The monoisotopic (exact) mass is 425 g/mol. The van der Waals surface area contributed by atoms with Crippen molar-refractivity contribution >= 4 is 17.4 Å². The zero-order valence-corrected chi connectivity index (χ0v) is 17.5. The normalized spacial score (nSPS) is 16.0. The number of nitrogens with zero attached hydrogens (tertiary/aromatic N) is 6. The van der Waals surface area contributed by atoms with Crippen molar-refractivity contribution in [2.24, 2.45) is 5.92 Å². The Morgan fingerprint density at radius 2 is 1.72 bits per heavy atom. The molecule has 0 bridgehead atoms. The van der Waals surface area contributed by atoms with Gasteiger partial charge in [0.2, 0.25) is 5.91 Å². The summed E-state index contributed by atoms with van der Waals surface area (Å²) in [5.41, 5.74) is 2.93. The fourth-order valence-electron chi connectivity index (χ4n) is 4.03. The maximum atomic E-state index is 13.1. The van der Waals surface area contributed by atoms with Crippen LogP contribution in [-0.4, -0.2) is 44.0 Å². The predicted molar refractivity (Wildman–Crippen MR) is 122 cm³/mol. The van der Waals surface area contributed by atoms with E-state index in [1.807, 2.05) is 54.6 Å². The molecule has 160 valence electrons.